The second kappa shape index (κ2) is 8.93. The van der Waals surface area contributed by atoms with Crippen molar-refractivity contribution in [1.29, 1.82) is 0 Å². The predicted octanol–water partition coefficient (Wildman–Crippen LogP) is 5.09. The van der Waals surface area contributed by atoms with E-state index in [0.29, 0.717) is 0 Å². The van der Waals surface area contributed by atoms with Crippen molar-refractivity contribution in [2.45, 2.75) is 39.0 Å². The van der Waals surface area contributed by atoms with E-state index in [4.69, 9.17) is 0 Å². The number of unbranched alkanes of at least 4 members (excludes halogenated alkanes) is 4. The lowest BCUT2D eigenvalue weighted by Gasteiger charge is -2.18. The highest BCUT2D eigenvalue weighted by atomic mass is 31.1. The molecule has 0 bridgehead atoms. The van der Waals surface area contributed by atoms with Crippen molar-refractivity contribution in [3.05, 3.63) is 60.7 Å². The van der Waals surface area contributed by atoms with Crippen molar-refractivity contribution < 1.29 is 0 Å². The maximum Gasteiger partial charge on any atom is -0.0195 e. The Morgan fingerprint density at radius 3 is 1.65 bits per heavy atom. The van der Waals surface area contributed by atoms with Gasteiger partial charge in [-0.15, -0.1) is 0 Å². The molecule has 0 fully saturated rings. The van der Waals surface area contributed by atoms with Gasteiger partial charge in [-0.05, 0) is 31.1 Å². The number of benzene rings is 2. The zero-order valence-corrected chi connectivity index (χ0v) is 13.4. The molecule has 0 spiro atoms. The van der Waals surface area contributed by atoms with Gasteiger partial charge in [-0.3, -0.25) is 0 Å². The van der Waals surface area contributed by atoms with E-state index < -0.39 is 0 Å². The van der Waals surface area contributed by atoms with Gasteiger partial charge in [0.15, 0.2) is 0 Å². The van der Waals surface area contributed by atoms with Crippen molar-refractivity contribution in [3.8, 4) is 0 Å². The Kier molecular flexibility index (Phi) is 6.81. The standard InChI is InChI=1S/C19H25P/c1-2-3-4-5-12-17-20(18-13-8-6-9-14-18)19-15-10-7-11-16-19/h6-11,13-16H,2-5,12,17H2,1H3. The van der Waals surface area contributed by atoms with Crippen molar-refractivity contribution in [1.82, 2.24) is 0 Å². The molecule has 0 saturated carbocycles. The molecule has 0 radical (unpaired) electrons. The number of rotatable bonds is 8. The molecule has 1 heteroatoms. The van der Waals surface area contributed by atoms with E-state index >= 15 is 0 Å². The van der Waals surface area contributed by atoms with Crippen molar-refractivity contribution in [3.63, 3.8) is 0 Å². The van der Waals surface area contributed by atoms with E-state index in [9.17, 15) is 0 Å². The Balaban J connectivity index is 2.02. The zero-order chi connectivity index (χ0) is 14.0. The lowest BCUT2D eigenvalue weighted by atomic mass is 10.2. The van der Waals surface area contributed by atoms with Crippen molar-refractivity contribution in [2.24, 2.45) is 0 Å². The fourth-order valence-electron chi connectivity index (χ4n) is 2.50. The van der Waals surface area contributed by atoms with Gasteiger partial charge >= 0.3 is 0 Å². The van der Waals surface area contributed by atoms with Gasteiger partial charge < -0.3 is 0 Å². The first-order valence-corrected chi connectivity index (χ1v) is 9.32. The van der Waals surface area contributed by atoms with Gasteiger partial charge in [-0.1, -0.05) is 93.3 Å². The monoisotopic (exact) mass is 284 g/mol. The highest BCUT2D eigenvalue weighted by Gasteiger charge is 2.12. The Morgan fingerprint density at radius 2 is 1.15 bits per heavy atom. The maximum absolute atomic E-state index is 2.30. The van der Waals surface area contributed by atoms with E-state index in [2.05, 4.69) is 67.6 Å². The molecular weight excluding hydrogens is 259 g/mol. The van der Waals surface area contributed by atoms with Crippen LogP contribution in [0.4, 0.5) is 0 Å². The van der Waals surface area contributed by atoms with Crippen LogP contribution in [0.3, 0.4) is 0 Å². The SMILES string of the molecule is CCCCCCCP(c1ccccc1)c1ccccc1. The van der Waals surface area contributed by atoms with Gasteiger partial charge in [-0.2, -0.15) is 0 Å². The number of hydrogen-bond donors (Lipinski definition) is 0. The van der Waals surface area contributed by atoms with E-state index in [-0.39, 0.29) is 7.92 Å². The summed E-state index contributed by atoms with van der Waals surface area (Å²) in [6.07, 6.45) is 8.17. The fraction of sp³-hybridized carbons (Fsp3) is 0.368. The summed E-state index contributed by atoms with van der Waals surface area (Å²) in [4.78, 5) is 0. The fourth-order valence-corrected chi connectivity index (χ4v) is 4.92. The van der Waals surface area contributed by atoms with E-state index in [1.807, 2.05) is 0 Å². The summed E-state index contributed by atoms with van der Waals surface area (Å²) in [7, 11) is -0.172. The average Bonchev–Trinajstić information content (AvgIpc) is 2.53. The molecule has 0 saturated heterocycles. The molecule has 0 nitrogen and oxygen atoms in total. The third kappa shape index (κ3) is 4.76. The summed E-state index contributed by atoms with van der Waals surface area (Å²) in [5, 5.41) is 3.04. The largest absolute Gasteiger partial charge is 0.0654 e. The minimum absolute atomic E-state index is 0.172. The van der Waals surface area contributed by atoms with Gasteiger partial charge in [0.2, 0.25) is 0 Å². The molecule has 0 heterocycles. The summed E-state index contributed by atoms with van der Waals surface area (Å²) in [6, 6.07) is 22.1. The van der Waals surface area contributed by atoms with Crippen LogP contribution in [0.1, 0.15) is 39.0 Å². The second-order valence-corrected chi connectivity index (χ2v) is 7.57. The summed E-state index contributed by atoms with van der Waals surface area (Å²) in [6.45, 7) is 2.28. The molecule has 0 N–H and O–H groups in total. The first kappa shape index (κ1) is 15.3. The van der Waals surface area contributed by atoms with E-state index in [0.717, 1.165) is 0 Å². The molecule has 0 aliphatic heterocycles. The normalized spacial score (nSPS) is 10.9. The average molecular weight is 284 g/mol. The van der Waals surface area contributed by atoms with Gasteiger partial charge in [0.1, 0.15) is 0 Å². The summed E-state index contributed by atoms with van der Waals surface area (Å²) < 4.78 is 0. The Bertz CT molecular complexity index is 424. The quantitative estimate of drug-likeness (QED) is 0.468. The topological polar surface area (TPSA) is 0 Å². The molecule has 0 unspecified atom stereocenters. The van der Waals surface area contributed by atoms with E-state index in [1.54, 1.807) is 0 Å². The lowest BCUT2D eigenvalue weighted by Crippen LogP contribution is -2.13. The molecule has 0 aliphatic rings. The van der Waals surface area contributed by atoms with Gasteiger partial charge in [0.25, 0.3) is 0 Å². The molecule has 20 heavy (non-hydrogen) atoms. The van der Waals surface area contributed by atoms with Crippen LogP contribution >= 0.6 is 7.92 Å². The zero-order valence-electron chi connectivity index (χ0n) is 12.5. The third-order valence-corrected chi connectivity index (χ3v) is 6.23. The smallest absolute Gasteiger partial charge is 0.0195 e. The summed E-state index contributed by atoms with van der Waals surface area (Å²) >= 11 is 0. The van der Waals surface area contributed by atoms with Gasteiger partial charge in [0.05, 0.1) is 0 Å². The summed E-state index contributed by atoms with van der Waals surface area (Å²) in [5.74, 6) is 0. The minimum atomic E-state index is -0.172. The third-order valence-electron chi connectivity index (χ3n) is 3.62. The molecule has 0 aromatic heterocycles. The lowest BCUT2D eigenvalue weighted by molar-refractivity contribution is 0.659. The van der Waals surface area contributed by atoms with Crippen molar-refractivity contribution >= 4 is 18.5 Å². The van der Waals surface area contributed by atoms with Crippen LogP contribution in [0.15, 0.2) is 60.7 Å². The van der Waals surface area contributed by atoms with Crippen molar-refractivity contribution in [2.75, 3.05) is 6.16 Å². The van der Waals surface area contributed by atoms with Crippen LogP contribution in [0.25, 0.3) is 0 Å². The Labute approximate surface area is 125 Å². The molecule has 0 amide bonds. The van der Waals surface area contributed by atoms with Crippen LogP contribution in [-0.2, 0) is 0 Å². The molecule has 0 aliphatic carbocycles. The second-order valence-electron chi connectivity index (χ2n) is 5.24. The molecular formula is C19H25P. The molecule has 2 aromatic carbocycles. The first-order valence-electron chi connectivity index (χ1n) is 7.79. The molecule has 0 atom stereocenters. The van der Waals surface area contributed by atoms with Gasteiger partial charge in [0, 0.05) is 0 Å². The summed E-state index contributed by atoms with van der Waals surface area (Å²) in [5.41, 5.74) is 0. The Morgan fingerprint density at radius 1 is 0.650 bits per heavy atom. The first-order chi connectivity index (χ1) is 9.92. The van der Waals surface area contributed by atoms with Crippen LogP contribution in [-0.4, -0.2) is 6.16 Å². The highest BCUT2D eigenvalue weighted by molar-refractivity contribution is 7.73. The van der Waals surface area contributed by atoms with Crippen LogP contribution in [0, 0.1) is 0 Å². The van der Waals surface area contributed by atoms with Crippen LogP contribution in [0.2, 0.25) is 0 Å². The molecule has 2 rings (SSSR count). The van der Waals surface area contributed by atoms with E-state index in [1.165, 1.54) is 48.9 Å². The highest BCUT2D eigenvalue weighted by Crippen LogP contribution is 2.34. The molecule has 2 aromatic rings. The maximum atomic E-state index is 2.30. The van der Waals surface area contributed by atoms with Gasteiger partial charge in [-0.25, -0.2) is 0 Å². The predicted molar refractivity (Wildman–Crippen MR) is 92.7 cm³/mol. The van der Waals surface area contributed by atoms with Crippen LogP contribution in [0.5, 0.6) is 0 Å². The van der Waals surface area contributed by atoms with Crippen LogP contribution < -0.4 is 10.6 Å². The number of hydrogen-bond acceptors (Lipinski definition) is 0. The molecule has 106 valence electrons. The Hall–Kier alpha value is -1.13. The minimum Gasteiger partial charge on any atom is -0.0654 e.